The lowest BCUT2D eigenvalue weighted by atomic mass is 10.1. The summed E-state index contributed by atoms with van der Waals surface area (Å²) < 4.78 is 12.9. The second-order valence-electron chi connectivity index (χ2n) is 6.00. The molecule has 4 nitrogen and oxygen atoms in total. The monoisotopic (exact) mass is 382 g/mol. The zero-order valence-corrected chi connectivity index (χ0v) is 15.4. The molecule has 0 saturated heterocycles. The molecule has 3 rings (SSSR count). The standard InChI is InChI=1S/C21H19FN2O2S/c22-19-6-4-15(5-7-19)12-20(25)23-9-10-24-21(26)17-3-1-2-16(13-17)18-8-11-27-14-18/h1-8,11,13-14H,9-10,12H2,(H,23,25)(H,24,26). The van der Waals surface area contributed by atoms with Gasteiger partial charge in [0.1, 0.15) is 5.82 Å². The first kappa shape index (κ1) is 18.8. The summed E-state index contributed by atoms with van der Waals surface area (Å²) in [6.45, 7) is 0.659. The van der Waals surface area contributed by atoms with E-state index in [0.29, 0.717) is 18.7 Å². The number of carbonyl (C=O) groups excluding carboxylic acids is 2. The summed E-state index contributed by atoms with van der Waals surface area (Å²) in [7, 11) is 0. The van der Waals surface area contributed by atoms with Crippen molar-refractivity contribution >= 4 is 23.2 Å². The molecule has 0 aliphatic heterocycles. The highest BCUT2D eigenvalue weighted by atomic mass is 32.1. The van der Waals surface area contributed by atoms with Gasteiger partial charge < -0.3 is 10.6 Å². The fourth-order valence-electron chi connectivity index (χ4n) is 2.60. The molecule has 1 aromatic heterocycles. The smallest absolute Gasteiger partial charge is 0.251 e. The summed E-state index contributed by atoms with van der Waals surface area (Å²) in [6.07, 6.45) is 0.177. The summed E-state index contributed by atoms with van der Waals surface area (Å²) in [6, 6.07) is 15.3. The van der Waals surface area contributed by atoms with E-state index >= 15 is 0 Å². The molecule has 0 fully saturated rings. The van der Waals surface area contributed by atoms with Crippen LogP contribution in [0, 0.1) is 5.82 Å². The van der Waals surface area contributed by atoms with E-state index in [1.807, 2.05) is 35.0 Å². The molecule has 138 valence electrons. The maximum absolute atomic E-state index is 12.9. The van der Waals surface area contributed by atoms with Gasteiger partial charge in [0.05, 0.1) is 6.42 Å². The van der Waals surface area contributed by atoms with Crippen molar-refractivity contribution in [3.05, 3.63) is 82.3 Å². The van der Waals surface area contributed by atoms with Gasteiger partial charge in [-0.05, 0) is 57.8 Å². The van der Waals surface area contributed by atoms with Gasteiger partial charge in [0.25, 0.3) is 5.91 Å². The second kappa shape index (κ2) is 9.09. The molecular weight excluding hydrogens is 363 g/mol. The number of benzene rings is 2. The van der Waals surface area contributed by atoms with Crippen LogP contribution in [0.5, 0.6) is 0 Å². The molecule has 0 atom stereocenters. The Morgan fingerprint density at radius 1 is 0.926 bits per heavy atom. The van der Waals surface area contributed by atoms with Gasteiger partial charge in [-0.3, -0.25) is 9.59 Å². The highest BCUT2D eigenvalue weighted by molar-refractivity contribution is 7.08. The maximum atomic E-state index is 12.9. The molecule has 6 heteroatoms. The molecule has 0 spiro atoms. The summed E-state index contributed by atoms with van der Waals surface area (Å²) in [5.41, 5.74) is 3.40. The summed E-state index contributed by atoms with van der Waals surface area (Å²) in [5.74, 6) is -0.680. The number of hydrogen-bond acceptors (Lipinski definition) is 3. The highest BCUT2D eigenvalue weighted by Gasteiger charge is 2.08. The number of carbonyl (C=O) groups is 2. The van der Waals surface area contributed by atoms with E-state index in [4.69, 9.17) is 0 Å². The second-order valence-corrected chi connectivity index (χ2v) is 6.78. The van der Waals surface area contributed by atoms with Crippen LogP contribution in [0.3, 0.4) is 0 Å². The quantitative estimate of drug-likeness (QED) is 0.613. The number of thiophene rings is 1. The van der Waals surface area contributed by atoms with Crippen molar-refractivity contribution in [1.82, 2.24) is 10.6 Å². The Hall–Kier alpha value is -2.99. The van der Waals surface area contributed by atoms with Crippen LogP contribution < -0.4 is 10.6 Å². The third kappa shape index (κ3) is 5.49. The Morgan fingerprint density at radius 3 is 2.44 bits per heavy atom. The van der Waals surface area contributed by atoms with Crippen LogP contribution in [0.1, 0.15) is 15.9 Å². The van der Waals surface area contributed by atoms with Crippen molar-refractivity contribution < 1.29 is 14.0 Å². The van der Waals surface area contributed by atoms with Crippen molar-refractivity contribution in [2.45, 2.75) is 6.42 Å². The number of hydrogen-bond donors (Lipinski definition) is 2. The van der Waals surface area contributed by atoms with Crippen molar-refractivity contribution in [2.75, 3.05) is 13.1 Å². The Kier molecular flexibility index (Phi) is 6.33. The summed E-state index contributed by atoms with van der Waals surface area (Å²) >= 11 is 1.61. The van der Waals surface area contributed by atoms with Gasteiger partial charge in [0, 0.05) is 18.7 Å². The Labute approximate surface area is 161 Å². The van der Waals surface area contributed by atoms with Gasteiger partial charge in [-0.25, -0.2) is 4.39 Å². The average Bonchev–Trinajstić information content (AvgIpc) is 3.22. The molecule has 2 aromatic carbocycles. The van der Waals surface area contributed by atoms with E-state index in [0.717, 1.165) is 16.7 Å². The first-order chi connectivity index (χ1) is 13.1. The molecule has 0 bridgehead atoms. The first-order valence-corrected chi connectivity index (χ1v) is 9.48. The van der Waals surface area contributed by atoms with Crippen LogP contribution in [-0.2, 0) is 11.2 Å². The summed E-state index contributed by atoms with van der Waals surface area (Å²) in [5, 5.41) is 9.57. The molecule has 2 N–H and O–H groups in total. The molecule has 2 amide bonds. The zero-order valence-electron chi connectivity index (χ0n) is 14.6. The lowest BCUT2D eigenvalue weighted by Crippen LogP contribution is -2.35. The number of nitrogens with one attached hydrogen (secondary N) is 2. The van der Waals surface area contributed by atoms with E-state index in [2.05, 4.69) is 10.6 Å². The molecule has 3 aromatic rings. The minimum Gasteiger partial charge on any atom is -0.354 e. The highest BCUT2D eigenvalue weighted by Crippen LogP contribution is 2.22. The fourth-order valence-corrected chi connectivity index (χ4v) is 3.26. The van der Waals surface area contributed by atoms with E-state index in [-0.39, 0.29) is 24.1 Å². The van der Waals surface area contributed by atoms with Crippen molar-refractivity contribution in [2.24, 2.45) is 0 Å². The van der Waals surface area contributed by atoms with Crippen molar-refractivity contribution in [3.63, 3.8) is 0 Å². The van der Waals surface area contributed by atoms with E-state index in [1.165, 1.54) is 12.1 Å². The molecular formula is C21H19FN2O2S. The predicted molar refractivity (Wildman–Crippen MR) is 105 cm³/mol. The fraction of sp³-hybridized carbons (Fsp3) is 0.143. The molecule has 1 heterocycles. The van der Waals surface area contributed by atoms with Gasteiger partial charge in [-0.15, -0.1) is 0 Å². The average molecular weight is 382 g/mol. The molecule has 0 saturated carbocycles. The van der Waals surface area contributed by atoms with Crippen LogP contribution in [0.15, 0.2) is 65.4 Å². The largest absolute Gasteiger partial charge is 0.354 e. The van der Waals surface area contributed by atoms with E-state index in [1.54, 1.807) is 29.5 Å². The SMILES string of the molecule is O=C(Cc1ccc(F)cc1)NCCNC(=O)c1cccc(-c2ccsc2)c1. The maximum Gasteiger partial charge on any atom is 0.251 e. The normalized spacial score (nSPS) is 10.4. The molecule has 0 radical (unpaired) electrons. The third-order valence-corrected chi connectivity index (χ3v) is 4.67. The van der Waals surface area contributed by atoms with Crippen LogP contribution in [-0.4, -0.2) is 24.9 Å². The molecule has 0 aliphatic carbocycles. The van der Waals surface area contributed by atoms with Crippen molar-refractivity contribution in [3.8, 4) is 11.1 Å². The molecule has 0 unspecified atom stereocenters. The van der Waals surface area contributed by atoms with Crippen LogP contribution in [0.2, 0.25) is 0 Å². The van der Waals surface area contributed by atoms with Crippen molar-refractivity contribution in [1.29, 1.82) is 0 Å². The summed E-state index contributed by atoms with van der Waals surface area (Å²) in [4.78, 5) is 24.1. The molecule has 0 aliphatic rings. The minimum atomic E-state index is -0.329. The Balaban J connectivity index is 1.44. The lowest BCUT2D eigenvalue weighted by molar-refractivity contribution is -0.120. The van der Waals surface area contributed by atoms with E-state index in [9.17, 15) is 14.0 Å². The van der Waals surface area contributed by atoms with Crippen LogP contribution in [0.25, 0.3) is 11.1 Å². The number of amides is 2. The third-order valence-electron chi connectivity index (χ3n) is 3.99. The lowest BCUT2D eigenvalue weighted by Gasteiger charge is -2.08. The van der Waals surface area contributed by atoms with Gasteiger partial charge in [0.2, 0.25) is 5.91 Å². The molecule has 27 heavy (non-hydrogen) atoms. The Bertz CT molecular complexity index is 908. The predicted octanol–water partition coefficient (Wildman–Crippen LogP) is 3.64. The van der Waals surface area contributed by atoms with Gasteiger partial charge in [0.15, 0.2) is 0 Å². The topological polar surface area (TPSA) is 58.2 Å². The minimum absolute atomic E-state index is 0.171. The Morgan fingerprint density at radius 2 is 1.70 bits per heavy atom. The number of rotatable bonds is 7. The number of halogens is 1. The van der Waals surface area contributed by atoms with Crippen LogP contribution >= 0.6 is 11.3 Å². The van der Waals surface area contributed by atoms with Gasteiger partial charge in [-0.2, -0.15) is 11.3 Å². The van der Waals surface area contributed by atoms with Gasteiger partial charge in [-0.1, -0.05) is 24.3 Å². The first-order valence-electron chi connectivity index (χ1n) is 8.54. The van der Waals surface area contributed by atoms with Crippen LogP contribution in [0.4, 0.5) is 4.39 Å². The zero-order chi connectivity index (χ0) is 19.1. The van der Waals surface area contributed by atoms with Gasteiger partial charge >= 0.3 is 0 Å². The van der Waals surface area contributed by atoms with E-state index < -0.39 is 0 Å².